The fourth-order valence-electron chi connectivity index (χ4n) is 6.62. The summed E-state index contributed by atoms with van der Waals surface area (Å²) < 4.78 is 17.4. The highest BCUT2D eigenvalue weighted by Crippen LogP contribution is 2.55. The lowest BCUT2D eigenvalue weighted by Gasteiger charge is -2.31. The van der Waals surface area contributed by atoms with Crippen molar-refractivity contribution in [1.82, 2.24) is 0 Å². The molecule has 1 aliphatic heterocycles. The quantitative estimate of drug-likeness (QED) is 0.225. The summed E-state index contributed by atoms with van der Waals surface area (Å²) in [5, 5.41) is 3.40. The van der Waals surface area contributed by atoms with E-state index >= 15 is 0 Å². The van der Waals surface area contributed by atoms with Crippen molar-refractivity contribution in [3.63, 3.8) is 0 Å². The van der Waals surface area contributed by atoms with Crippen LogP contribution in [0.2, 0.25) is 0 Å². The Balaban J connectivity index is 1.30. The lowest BCUT2D eigenvalue weighted by Crippen LogP contribution is -2.36. The first-order chi connectivity index (χ1) is 16.8. The molecule has 2 aromatic rings. The summed E-state index contributed by atoms with van der Waals surface area (Å²) in [4.78, 5) is 13.8. The zero-order valence-electron chi connectivity index (χ0n) is 21.8. The molecule has 2 saturated carbocycles. The van der Waals surface area contributed by atoms with E-state index in [0.29, 0.717) is 11.8 Å². The second-order valence-corrected chi connectivity index (χ2v) is 13.9. The van der Waals surface area contributed by atoms with Crippen LogP contribution in [0.25, 0.3) is 10.8 Å². The van der Waals surface area contributed by atoms with Gasteiger partial charge in [0.1, 0.15) is 28.5 Å². The first-order valence-corrected chi connectivity index (χ1v) is 15.0. The van der Waals surface area contributed by atoms with Crippen LogP contribution in [0, 0.1) is 17.8 Å². The van der Waals surface area contributed by atoms with Crippen molar-refractivity contribution in [2.24, 2.45) is 17.8 Å². The third-order valence-corrected chi connectivity index (χ3v) is 11.0. The van der Waals surface area contributed by atoms with E-state index in [4.69, 9.17) is 14.2 Å². The van der Waals surface area contributed by atoms with E-state index in [-0.39, 0.29) is 17.0 Å². The molecule has 4 nitrogen and oxygen atoms in total. The van der Waals surface area contributed by atoms with E-state index in [0.717, 1.165) is 42.8 Å². The van der Waals surface area contributed by atoms with Gasteiger partial charge in [-0.1, -0.05) is 31.5 Å². The van der Waals surface area contributed by atoms with Gasteiger partial charge >= 0.3 is 6.16 Å². The van der Waals surface area contributed by atoms with Crippen LogP contribution in [-0.2, 0) is 20.4 Å². The highest BCUT2D eigenvalue weighted by Gasteiger charge is 2.55. The van der Waals surface area contributed by atoms with Gasteiger partial charge in [0.15, 0.2) is 4.90 Å². The fourth-order valence-corrected chi connectivity index (χ4v) is 9.86. The molecule has 2 aliphatic carbocycles. The van der Waals surface area contributed by atoms with Crippen molar-refractivity contribution in [2.75, 3.05) is 12.4 Å². The van der Waals surface area contributed by atoms with Crippen molar-refractivity contribution in [1.29, 1.82) is 0 Å². The molecule has 1 heterocycles. The average molecular weight is 498 g/mol. The predicted molar refractivity (Wildman–Crippen MR) is 143 cm³/mol. The zero-order chi connectivity index (χ0) is 24.6. The molecule has 2 aromatic carbocycles. The molecule has 0 N–H and O–H groups in total. The number of carbonyl (C=O) groups excluding carboxylic acids is 1. The van der Waals surface area contributed by atoms with Crippen LogP contribution in [0.4, 0.5) is 4.79 Å². The van der Waals surface area contributed by atoms with Gasteiger partial charge in [-0.3, -0.25) is 0 Å². The zero-order valence-corrected chi connectivity index (χ0v) is 22.6. The second kappa shape index (κ2) is 10.2. The van der Waals surface area contributed by atoms with Crippen LogP contribution >= 0.6 is 0 Å². The molecule has 1 saturated heterocycles. The van der Waals surface area contributed by atoms with Crippen LogP contribution in [0.5, 0.6) is 5.75 Å². The van der Waals surface area contributed by atoms with Crippen molar-refractivity contribution >= 4 is 27.8 Å². The molecule has 6 atom stereocenters. The Labute approximate surface area is 213 Å². The Kier molecular flexibility index (Phi) is 7.25. The van der Waals surface area contributed by atoms with E-state index in [1.165, 1.54) is 47.1 Å². The van der Waals surface area contributed by atoms with Crippen LogP contribution in [0.1, 0.15) is 72.6 Å². The first kappa shape index (κ1) is 24.8. The Bertz CT molecular complexity index is 1040. The average Bonchev–Trinajstić information content (AvgIpc) is 3.53. The summed E-state index contributed by atoms with van der Waals surface area (Å²) in [6.07, 6.45) is 7.83. The minimum Gasteiger partial charge on any atom is -0.493 e. The van der Waals surface area contributed by atoms with Gasteiger partial charge in [-0.15, -0.1) is 0 Å². The van der Waals surface area contributed by atoms with Gasteiger partial charge in [0.2, 0.25) is 0 Å². The van der Waals surface area contributed by atoms with Gasteiger partial charge in [0, 0.05) is 34.0 Å². The van der Waals surface area contributed by atoms with Crippen molar-refractivity contribution in [2.45, 2.75) is 94.5 Å². The van der Waals surface area contributed by atoms with Crippen molar-refractivity contribution in [3.05, 3.63) is 36.4 Å². The molecule has 0 aromatic heterocycles. The van der Waals surface area contributed by atoms with Crippen LogP contribution in [-0.4, -0.2) is 35.5 Å². The van der Waals surface area contributed by atoms with E-state index in [1.54, 1.807) is 0 Å². The van der Waals surface area contributed by atoms with Gasteiger partial charge in [0.25, 0.3) is 0 Å². The first-order valence-electron chi connectivity index (χ1n) is 13.6. The number of ether oxygens (including phenoxy) is 3. The minimum absolute atomic E-state index is 0.0367. The largest absolute Gasteiger partial charge is 0.509 e. The summed E-state index contributed by atoms with van der Waals surface area (Å²) >= 11 is 0. The second-order valence-electron chi connectivity index (χ2n) is 11.6. The van der Waals surface area contributed by atoms with Gasteiger partial charge in [-0.05, 0) is 82.9 Å². The summed E-state index contributed by atoms with van der Waals surface area (Å²) in [5.41, 5.74) is -0.505. The Hall–Kier alpha value is -1.88. The molecule has 3 aliphatic rings. The molecule has 35 heavy (non-hydrogen) atoms. The number of fused-ring (bicyclic) bond motifs is 3. The number of hydrogen-bond acceptors (Lipinski definition) is 4. The van der Waals surface area contributed by atoms with E-state index in [2.05, 4.69) is 43.3 Å². The Morgan fingerprint density at radius 2 is 1.83 bits per heavy atom. The highest BCUT2D eigenvalue weighted by atomic mass is 32.2. The number of unbranched alkanes of at least 4 members (excludes halogenated alkanes) is 1. The van der Waals surface area contributed by atoms with E-state index in [1.807, 2.05) is 20.8 Å². The maximum absolute atomic E-state index is 12.2. The Morgan fingerprint density at radius 3 is 2.54 bits per heavy atom. The number of benzene rings is 2. The molecule has 5 heteroatoms. The summed E-state index contributed by atoms with van der Waals surface area (Å²) in [6.45, 7) is 8.65. The SMILES string of the molecule is CCCCOc1ccc([S+]2CCCC2C2CC3CC2CC3OC(=O)OC(C)(C)C)c2ccccc12. The van der Waals surface area contributed by atoms with E-state index < -0.39 is 11.8 Å². The van der Waals surface area contributed by atoms with Gasteiger partial charge in [-0.25, -0.2) is 4.79 Å². The summed E-state index contributed by atoms with van der Waals surface area (Å²) in [6, 6.07) is 13.4. The number of hydrogen-bond donors (Lipinski definition) is 0. The predicted octanol–water partition coefficient (Wildman–Crippen LogP) is 7.52. The van der Waals surface area contributed by atoms with Crippen molar-refractivity contribution < 1.29 is 19.0 Å². The summed E-state index contributed by atoms with van der Waals surface area (Å²) in [7, 11) is 0.266. The highest BCUT2D eigenvalue weighted by molar-refractivity contribution is 7.98. The molecule has 6 unspecified atom stereocenters. The van der Waals surface area contributed by atoms with Crippen LogP contribution in [0.3, 0.4) is 0 Å². The molecule has 5 rings (SSSR count). The molecule has 0 radical (unpaired) electrons. The minimum atomic E-state index is -0.505. The Morgan fingerprint density at radius 1 is 1.03 bits per heavy atom. The third-order valence-electron chi connectivity index (χ3n) is 8.06. The molecule has 3 fully saturated rings. The smallest absolute Gasteiger partial charge is 0.493 e. The lowest BCUT2D eigenvalue weighted by atomic mass is 9.83. The fraction of sp³-hybridized carbons (Fsp3) is 0.633. The van der Waals surface area contributed by atoms with Crippen LogP contribution in [0.15, 0.2) is 41.3 Å². The molecule has 190 valence electrons. The molecular formula is C30H41O4S+. The monoisotopic (exact) mass is 497 g/mol. The summed E-state index contributed by atoms with van der Waals surface area (Å²) in [5.74, 6) is 4.25. The number of rotatable bonds is 7. The molecule has 0 amide bonds. The maximum Gasteiger partial charge on any atom is 0.509 e. The third kappa shape index (κ3) is 5.30. The number of carbonyl (C=O) groups is 1. The molecule has 2 bridgehead atoms. The van der Waals surface area contributed by atoms with Gasteiger partial charge in [-0.2, -0.15) is 0 Å². The molecular weight excluding hydrogens is 456 g/mol. The molecule has 0 spiro atoms. The van der Waals surface area contributed by atoms with Gasteiger partial charge in [0.05, 0.1) is 6.61 Å². The van der Waals surface area contributed by atoms with E-state index in [9.17, 15) is 4.79 Å². The standard InChI is InChI=1S/C30H41O4S/c1-5-6-15-32-25-13-14-28(23-11-8-7-10-22(23)25)35-16-9-12-27(35)24-18-21-17-20(24)19-26(21)33-29(31)34-30(2,3)4/h7-8,10-11,13-14,20-21,24,26-27H,5-6,9,12,15-19H2,1-4H3/q+1. The maximum atomic E-state index is 12.2. The van der Waals surface area contributed by atoms with Crippen molar-refractivity contribution in [3.8, 4) is 5.75 Å². The van der Waals surface area contributed by atoms with Gasteiger partial charge < -0.3 is 14.2 Å². The normalized spacial score (nSPS) is 30.1. The topological polar surface area (TPSA) is 44.8 Å². The van der Waals surface area contributed by atoms with Crippen LogP contribution < -0.4 is 4.74 Å². The lowest BCUT2D eigenvalue weighted by molar-refractivity contribution is -0.0406.